The number of hydrogen-bond acceptors (Lipinski definition) is 3. The van der Waals surface area contributed by atoms with Crippen LogP contribution in [0.25, 0.3) is 5.57 Å². The van der Waals surface area contributed by atoms with Gasteiger partial charge in [-0.2, -0.15) is 0 Å². The molecule has 1 heterocycles. The molecule has 0 spiro atoms. The largest absolute Gasteiger partial charge is 0.295 e. The van der Waals surface area contributed by atoms with E-state index in [0.29, 0.717) is 5.78 Å². The summed E-state index contributed by atoms with van der Waals surface area (Å²) >= 11 is 0. The zero-order valence-corrected chi connectivity index (χ0v) is 15.9. The van der Waals surface area contributed by atoms with E-state index in [2.05, 4.69) is 29.9 Å². The minimum absolute atomic E-state index is 0.258. The molecule has 0 amide bonds. The summed E-state index contributed by atoms with van der Waals surface area (Å²) in [7, 11) is 0. The summed E-state index contributed by atoms with van der Waals surface area (Å²) < 4.78 is 0. The van der Waals surface area contributed by atoms with Crippen LogP contribution in [0.3, 0.4) is 0 Å². The standard InChI is InChI=1S/C23H28N2O/c1-22-9-7-17(26)11-16(22)3-4-18-20-6-5-19(15-12-24-14-25-13-15)23(20,2)10-8-21(18)22/h5,11-14,18,20-21H,3-4,6-10H2,1-2H3. The highest BCUT2D eigenvalue weighted by atomic mass is 16.1. The monoisotopic (exact) mass is 348 g/mol. The number of hydrogen-bond donors (Lipinski definition) is 0. The van der Waals surface area contributed by atoms with Crippen molar-refractivity contribution in [1.29, 1.82) is 0 Å². The van der Waals surface area contributed by atoms with Gasteiger partial charge in [0.2, 0.25) is 0 Å². The van der Waals surface area contributed by atoms with E-state index in [1.807, 2.05) is 18.5 Å². The van der Waals surface area contributed by atoms with Crippen molar-refractivity contribution < 1.29 is 4.79 Å². The number of aromatic nitrogens is 2. The van der Waals surface area contributed by atoms with Crippen LogP contribution in [0.5, 0.6) is 0 Å². The van der Waals surface area contributed by atoms with Gasteiger partial charge in [0, 0.05) is 24.4 Å². The van der Waals surface area contributed by atoms with Crippen LogP contribution in [0.4, 0.5) is 0 Å². The maximum atomic E-state index is 12.0. The SMILES string of the molecule is CC12CCC(=O)C=C1CCC1C2CCC2(C)C(c3cncnc3)=CCC12. The van der Waals surface area contributed by atoms with E-state index in [9.17, 15) is 4.79 Å². The summed E-state index contributed by atoms with van der Waals surface area (Å²) in [4.78, 5) is 20.5. The molecule has 136 valence electrons. The Morgan fingerprint density at radius 2 is 1.81 bits per heavy atom. The Hall–Kier alpha value is -1.77. The van der Waals surface area contributed by atoms with Crippen molar-refractivity contribution in [3.8, 4) is 0 Å². The molecule has 0 radical (unpaired) electrons. The van der Waals surface area contributed by atoms with Crippen LogP contribution in [-0.2, 0) is 4.79 Å². The van der Waals surface area contributed by atoms with Crippen LogP contribution in [0, 0.1) is 28.6 Å². The first-order valence-electron chi connectivity index (χ1n) is 10.2. The van der Waals surface area contributed by atoms with Crippen LogP contribution < -0.4 is 0 Å². The minimum atomic E-state index is 0.258. The summed E-state index contributed by atoms with van der Waals surface area (Å²) in [5.74, 6) is 2.61. The zero-order valence-electron chi connectivity index (χ0n) is 15.9. The summed E-state index contributed by atoms with van der Waals surface area (Å²) in [5, 5.41) is 0. The van der Waals surface area contributed by atoms with Gasteiger partial charge in [0.05, 0.1) is 0 Å². The van der Waals surface area contributed by atoms with Crippen LogP contribution in [0.2, 0.25) is 0 Å². The Bertz CT molecular complexity index is 811. The second-order valence-electron chi connectivity index (χ2n) is 9.41. The van der Waals surface area contributed by atoms with Gasteiger partial charge in [-0.3, -0.25) is 4.79 Å². The number of allylic oxidation sites excluding steroid dienone is 4. The maximum Gasteiger partial charge on any atom is 0.155 e. The van der Waals surface area contributed by atoms with Crippen molar-refractivity contribution in [2.45, 2.75) is 58.8 Å². The Morgan fingerprint density at radius 3 is 2.62 bits per heavy atom. The van der Waals surface area contributed by atoms with Crippen LogP contribution in [-0.4, -0.2) is 15.8 Å². The molecule has 3 nitrogen and oxygen atoms in total. The molecule has 5 atom stereocenters. The highest BCUT2D eigenvalue weighted by Gasteiger charge is 2.57. The lowest BCUT2D eigenvalue weighted by atomic mass is 9.47. The first-order valence-corrected chi connectivity index (χ1v) is 10.2. The number of carbonyl (C=O) groups excluding carboxylic acids is 1. The Kier molecular flexibility index (Phi) is 3.54. The molecule has 0 bridgehead atoms. The van der Waals surface area contributed by atoms with Gasteiger partial charge in [0.1, 0.15) is 6.33 Å². The van der Waals surface area contributed by atoms with Crippen molar-refractivity contribution in [3.63, 3.8) is 0 Å². The van der Waals surface area contributed by atoms with E-state index in [0.717, 1.165) is 37.0 Å². The molecule has 2 fully saturated rings. The average Bonchev–Trinajstić information content (AvgIpc) is 3.00. The summed E-state index contributed by atoms with van der Waals surface area (Å²) in [6, 6.07) is 0. The van der Waals surface area contributed by atoms with Crippen molar-refractivity contribution in [1.82, 2.24) is 9.97 Å². The Labute approximate surface area is 156 Å². The Morgan fingerprint density at radius 1 is 1.00 bits per heavy atom. The maximum absolute atomic E-state index is 12.0. The predicted molar refractivity (Wildman–Crippen MR) is 102 cm³/mol. The van der Waals surface area contributed by atoms with Crippen LogP contribution >= 0.6 is 0 Å². The van der Waals surface area contributed by atoms with Crippen LogP contribution in [0.15, 0.2) is 36.4 Å². The predicted octanol–water partition coefficient (Wildman–Crippen LogP) is 5.00. The fourth-order valence-electron chi connectivity index (χ4n) is 7.01. The van der Waals surface area contributed by atoms with Crippen molar-refractivity contribution in [2.24, 2.45) is 28.6 Å². The third kappa shape index (κ3) is 2.15. The number of nitrogens with zero attached hydrogens (tertiary/aromatic N) is 2. The quantitative estimate of drug-likeness (QED) is 0.717. The molecule has 3 heteroatoms. The molecule has 0 aliphatic heterocycles. The van der Waals surface area contributed by atoms with E-state index in [1.165, 1.54) is 42.4 Å². The molecule has 1 aromatic heterocycles. The highest BCUT2D eigenvalue weighted by Crippen LogP contribution is 2.66. The normalized spacial score (nSPS) is 41.6. The summed E-state index contributed by atoms with van der Waals surface area (Å²) in [6.45, 7) is 4.94. The topological polar surface area (TPSA) is 42.9 Å². The van der Waals surface area contributed by atoms with Gasteiger partial charge in [0.15, 0.2) is 5.78 Å². The van der Waals surface area contributed by atoms with Crippen molar-refractivity contribution in [2.75, 3.05) is 0 Å². The van der Waals surface area contributed by atoms with E-state index in [4.69, 9.17) is 0 Å². The third-order valence-corrected chi connectivity index (χ3v) is 8.41. The minimum Gasteiger partial charge on any atom is -0.295 e. The highest BCUT2D eigenvalue weighted by molar-refractivity contribution is 5.91. The molecule has 2 saturated carbocycles. The van der Waals surface area contributed by atoms with E-state index in [1.54, 1.807) is 6.33 Å². The smallest absolute Gasteiger partial charge is 0.155 e. The second kappa shape index (κ2) is 5.61. The van der Waals surface area contributed by atoms with Gasteiger partial charge in [0.25, 0.3) is 0 Å². The van der Waals surface area contributed by atoms with Crippen molar-refractivity contribution in [3.05, 3.63) is 42.0 Å². The van der Waals surface area contributed by atoms with Gasteiger partial charge < -0.3 is 0 Å². The number of ketones is 1. The molecule has 5 unspecified atom stereocenters. The van der Waals surface area contributed by atoms with Gasteiger partial charge in [-0.1, -0.05) is 25.5 Å². The number of carbonyl (C=O) groups is 1. The fraction of sp³-hybridized carbons (Fsp3) is 0.609. The lowest BCUT2D eigenvalue weighted by Crippen LogP contribution is -2.49. The molecule has 4 aliphatic rings. The van der Waals surface area contributed by atoms with Crippen LogP contribution in [0.1, 0.15) is 64.4 Å². The molecule has 4 aliphatic carbocycles. The summed E-state index contributed by atoms with van der Waals surface area (Å²) in [5.41, 5.74) is 4.67. The molecule has 26 heavy (non-hydrogen) atoms. The molecule has 0 aromatic carbocycles. The lowest BCUT2D eigenvalue weighted by Gasteiger charge is -2.57. The van der Waals surface area contributed by atoms with Gasteiger partial charge >= 0.3 is 0 Å². The number of fused-ring (bicyclic) bond motifs is 5. The molecular weight excluding hydrogens is 320 g/mol. The van der Waals surface area contributed by atoms with Gasteiger partial charge in [-0.25, -0.2) is 9.97 Å². The van der Waals surface area contributed by atoms with Crippen molar-refractivity contribution >= 4 is 11.4 Å². The molecule has 0 N–H and O–H groups in total. The van der Waals surface area contributed by atoms with Gasteiger partial charge in [-0.05, 0) is 78.8 Å². The van der Waals surface area contributed by atoms with E-state index < -0.39 is 0 Å². The van der Waals surface area contributed by atoms with E-state index in [-0.39, 0.29) is 10.8 Å². The van der Waals surface area contributed by atoms with E-state index >= 15 is 0 Å². The summed E-state index contributed by atoms with van der Waals surface area (Å²) in [6.07, 6.45) is 18.0. The Balaban J connectivity index is 1.48. The second-order valence-corrected chi connectivity index (χ2v) is 9.41. The zero-order chi connectivity index (χ0) is 17.9. The molecule has 1 aromatic rings. The third-order valence-electron chi connectivity index (χ3n) is 8.41. The lowest BCUT2D eigenvalue weighted by molar-refractivity contribution is -0.117. The first-order chi connectivity index (χ1) is 12.5. The molecule has 5 rings (SSSR count). The number of rotatable bonds is 1. The molecular formula is C23H28N2O. The average molecular weight is 348 g/mol. The molecule has 0 saturated heterocycles. The van der Waals surface area contributed by atoms with Gasteiger partial charge in [-0.15, -0.1) is 0 Å². The fourth-order valence-corrected chi connectivity index (χ4v) is 7.01. The first kappa shape index (κ1) is 16.4.